The number of esters is 1. The largest absolute Gasteiger partial charge is 0.462 e. The van der Waals surface area contributed by atoms with E-state index >= 15 is 0 Å². The molecule has 4 nitrogen and oxygen atoms in total. The molecule has 0 saturated heterocycles. The molecule has 0 bridgehead atoms. The number of nitrogens with zero attached hydrogens (tertiary/aromatic N) is 2. The Morgan fingerprint density at radius 1 is 0.958 bits per heavy atom. The van der Waals surface area contributed by atoms with Gasteiger partial charge in [0, 0.05) is 10.9 Å². The number of pyridine rings is 1. The second-order valence-corrected chi connectivity index (χ2v) is 5.50. The van der Waals surface area contributed by atoms with Crippen molar-refractivity contribution in [3.63, 3.8) is 0 Å². The van der Waals surface area contributed by atoms with E-state index in [0.717, 1.165) is 22.0 Å². The van der Waals surface area contributed by atoms with Crippen LogP contribution in [0.3, 0.4) is 0 Å². The number of hydrogen-bond acceptors (Lipinski definition) is 3. The summed E-state index contributed by atoms with van der Waals surface area (Å²) in [4.78, 5) is 12.6. The number of hydrogen-bond donors (Lipinski definition) is 0. The highest BCUT2D eigenvalue weighted by atomic mass is 16.5. The minimum atomic E-state index is -0.346. The molecule has 118 valence electrons. The second-order valence-electron chi connectivity index (χ2n) is 5.50. The van der Waals surface area contributed by atoms with E-state index in [2.05, 4.69) is 0 Å². The maximum Gasteiger partial charge on any atom is 0.342 e. The second kappa shape index (κ2) is 5.81. The first kappa shape index (κ1) is 14.5. The lowest BCUT2D eigenvalue weighted by Crippen LogP contribution is -2.05. The van der Waals surface area contributed by atoms with Crippen LogP contribution in [0.1, 0.15) is 17.3 Å². The van der Waals surface area contributed by atoms with Crippen molar-refractivity contribution in [1.82, 2.24) is 9.61 Å². The number of benzene rings is 2. The molecular formula is C20H16N2O2. The van der Waals surface area contributed by atoms with Gasteiger partial charge in [-0.15, -0.1) is 0 Å². The van der Waals surface area contributed by atoms with Crippen LogP contribution in [0.15, 0.2) is 66.7 Å². The van der Waals surface area contributed by atoms with Crippen molar-refractivity contribution in [3.8, 4) is 11.3 Å². The van der Waals surface area contributed by atoms with Crippen molar-refractivity contribution in [2.75, 3.05) is 6.61 Å². The van der Waals surface area contributed by atoms with E-state index in [9.17, 15) is 4.79 Å². The number of carbonyl (C=O) groups is 1. The van der Waals surface area contributed by atoms with E-state index in [4.69, 9.17) is 9.84 Å². The highest BCUT2D eigenvalue weighted by Crippen LogP contribution is 2.29. The molecule has 0 aliphatic rings. The van der Waals surface area contributed by atoms with Crippen LogP contribution in [-0.2, 0) is 4.74 Å². The van der Waals surface area contributed by atoms with Crippen molar-refractivity contribution in [2.45, 2.75) is 6.92 Å². The van der Waals surface area contributed by atoms with Gasteiger partial charge in [0.05, 0.1) is 17.6 Å². The lowest BCUT2D eigenvalue weighted by molar-refractivity contribution is 0.0529. The minimum absolute atomic E-state index is 0.331. The van der Waals surface area contributed by atoms with Crippen molar-refractivity contribution in [2.24, 2.45) is 0 Å². The lowest BCUT2D eigenvalue weighted by atomic mass is 10.1. The molecule has 0 spiro atoms. The zero-order valence-electron chi connectivity index (χ0n) is 13.3. The Labute approximate surface area is 139 Å². The molecule has 0 unspecified atom stereocenters. The van der Waals surface area contributed by atoms with Gasteiger partial charge in [-0.25, -0.2) is 9.31 Å². The predicted octanol–water partition coefficient (Wildman–Crippen LogP) is 4.33. The third-order valence-corrected chi connectivity index (χ3v) is 4.03. The van der Waals surface area contributed by atoms with Gasteiger partial charge >= 0.3 is 5.97 Å². The van der Waals surface area contributed by atoms with Gasteiger partial charge in [0.15, 0.2) is 0 Å². The molecule has 0 atom stereocenters. The summed E-state index contributed by atoms with van der Waals surface area (Å²) < 4.78 is 7.10. The van der Waals surface area contributed by atoms with Crippen LogP contribution in [0.5, 0.6) is 0 Å². The zero-order valence-corrected chi connectivity index (χ0v) is 13.3. The third-order valence-electron chi connectivity index (χ3n) is 4.03. The molecule has 0 aliphatic heterocycles. The Morgan fingerprint density at radius 3 is 2.50 bits per heavy atom. The van der Waals surface area contributed by atoms with Gasteiger partial charge in [-0.2, -0.15) is 5.10 Å². The average Bonchev–Trinajstić information content (AvgIpc) is 3.03. The van der Waals surface area contributed by atoms with Crippen molar-refractivity contribution in [1.29, 1.82) is 0 Å². The fourth-order valence-corrected chi connectivity index (χ4v) is 2.96. The van der Waals surface area contributed by atoms with Crippen LogP contribution in [0.25, 0.3) is 27.7 Å². The minimum Gasteiger partial charge on any atom is -0.462 e. The van der Waals surface area contributed by atoms with Gasteiger partial charge in [0.2, 0.25) is 0 Å². The molecule has 2 aromatic heterocycles. The molecule has 0 aliphatic carbocycles. The van der Waals surface area contributed by atoms with E-state index in [1.54, 1.807) is 6.92 Å². The number of aromatic nitrogens is 2. The maximum atomic E-state index is 12.6. The Balaban J connectivity index is 2.08. The first-order valence-corrected chi connectivity index (χ1v) is 7.92. The van der Waals surface area contributed by atoms with Gasteiger partial charge in [-0.1, -0.05) is 54.6 Å². The first-order chi connectivity index (χ1) is 11.8. The Hall–Kier alpha value is -3.14. The maximum absolute atomic E-state index is 12.6. The van der Waals surface area contributed by atoms with Gasteiger partial charge in [-0.3, -0.25) is 0 Å². The summed E-state index contributed by atoms with van der Waals surface area (Å²) in [6.07, 6.45) is 0. The number of ether oxygens (including phenoxy) is 1. The Kier molecular flexibility index (Phi) is 3.50. The molecule has 24 heavy (non-hydrogen) atoms. The molecule has 0 fully saturated rings. The van der Waals surface area contributed by atoms with Crippen LogP contribution in [0.2, 0.25) is 0 Å². The average molecular weight is 316 g/mol. The van der Waals surface area contributed by atoms with E-state index in [0.29, 0.717) is 17.9 Å². The van der Waals surface area contributed by atoms with E-state index in [1.807, 2.05) is 71.2 Å². The van der Waals surface area contributed by atoms with Crippen LogP contribution in [0.4, 0.5) is 0 Å². The van der Waals surface area contributed by atoms with E-state index in [-0.39, 0.29) is 5.97 Å². The fraction of sp³-hybridized carbons (Fsp3) is 0.100. The number of para-hydroxylation sites is 1. The Bertz CT molecular complexity index is 1040. The molecule has 0 saturated carbocycles. The Morgan fingerprint density at radius 2 is 1.71 bits per heavy atom. The van der Waals surface area contributed by atoms with E-state index in [1.165, 1.54) is 0 Å². The molecule has 2 heterocycles. The summed E-state index contributed by atoms with van der Waals surface area (Å²) >= 11 is 0. The molecule has 0 amide bonds. The van der Waals surface area contributed by atoms with Gasteiger partial charge < -0.3 is 4.74 Å². The highest BCUT2D eigenvalue weighted by Gasteiger charge is 2.22. The van der Waals surface area contributed by atoms with Crippen LogP contribution < -0.4 is 0 Å². The molecule has 4 rings (SSSR count). The molecule has 2 aromatic carbocycles. The van der Waals surface area contributed by atoms with Crippen molar-refractivity contribution >= 4 is 22.4 Å². The van der Waals surface area contributed by atoms with Crippen LogP contribution in [0, 0.1) is 0 Å². The normalized spacial score (nSPS) is 11.0. The summed E-state index contributed by atoms with van der Waals surface area (Å²) in [5.41, 5.74) is 3.77. The quantitative estimate of drug-likeness (QED) is 0.528. The summed E-state index contributed by atoms with van der Waals surface area (Å²) in [5, 5.41) is 5.80. The molecular weight excluding hydrogens is 300 g/mol. The lowest BCUT2D eigenvalue weighted by Gasteiger charge is -2.04. The summed E-state index contributed by atoms with van der Waals surface area (Å²) in [6.45, 7) is 2.14. The monoisotopic (exact) mass is 316 g/mol. The third kappa shape index (κ3) is 2.24. The highest BCUT2D eigenvalue weighted by molar-refractivity contribution is 6.04. The molecule has 0 radical (unpaired) electrons. The van der Waals surface area contributed by atoms with Gasteiger partial charge in [-0.05, 0) is 19.1 Å². The zero-order chi connectivity index (χ0) is 16.5. The van der Waals surface area contributed by atoms with Crippen molar-refractivity contribution < 1.29 is 9.53 Å². The molecule has 0 N–H and O–H groups in total. The number of rotatable bonds is 3. The first-order valence-electron chi connectivity index (χ1n) is 7.92. The number of carbonyl (C=O) groups excluding carboxylic acids is 1. The number of fused-ring (bicyclic) bond motifs is 3. The SMILES string of the molecule is CCOC(=O)c1c(-c2ccccc2)nn2c1ccc1ccccc12. The fourth-order valence-electron chi connectivity index (χ4n) is 2.96. The molecule has 4 heteroatoms. The topological polar surface area (TPSA) is 43.6 Å². The summed E-state index contributed by atoms with van der Waals surface area (Å²) in [5.74, 6) is -0.346. The summed E-state index contributed by atoms with van der Waals surface area (Å²) in [7, 11) is 0. The van der Waals surface area contributed by atoms with Gasteiger partial charge in [0.25, 0.3) is 0 Å². The van der Waals surface area contributed by atoms with Gasteiger partial charge in [0.1, 0.15) is 11.3 Å². The van der Waals surface area contributed by atoms with E-state index < -0.39 is 0 Å². The van der Waals surface area contributed by atoms with Crippen LogP contribution in [-0.4, -0.2) is 22.2 Å². The standard InChI is InChI=1S/C20H16N2O2/c1-2-24-20(23)18-17-13-12-14-8-6-7-11-16(14)22(17)21-19(18)15-9-4-3-5-10-15/h3-13H,2H2,1H3. The van der Waals surface area contributed by atoms with Crippen LogP contribution >= 0.6 is 0 Å². The smallest absolute Gasteiger partial charge is 0.342 e. The summed E-state index contributed by atoms with van der Waals surface area (Å²) in [6, 6.07) is 21.6. The predicted molar refractivity (Wildman–Crippen MR) is 94.1 cm³/mol. The molecule has 4 aromatic rings. The van der Waals surface area contributed by atoms with Crippen molar-refractivity contribution in [3.05, 3.63) is 72.3 Å².